The zero-order chi connectivity index (χ0) is 10.7. The standard InChI is InChI=1S/C9H14ClN3O/c1-4-13(5-2)8-9(14)12(3)6-7(10)11-8/h6H,4-5H2,1-3H3. The number of hydrogen-bond acceptors (Lipinski definition) is 3. The first-order chi connectivity index (χ1) is 6.60. The topological polar surface area (TPSA) is 38.1 Å². The highest BCUT2D eigenvalue weighted by atomic mass is 35.5. The molecular weight excluding hydrogens is 202 g/mol. The summed E-state index contributed by atoms with van der Waals surface area (Å²) in [6, 6.07) is 0. The number of hydrogen-bond donors (Lipinski definition) is 0. The first-order valence-corrected chi connectivity index (χ1v) is 4.96. The van der Waals surface area contributed by atoms with Crippen LogP contribution in [0.3, 0.4) is 0 Å². The van der Waals surface area contributed by atoms with Gasteiger partial charge in [-0.05, 0) is 13.8 Å². The van der Waals surface area contributed by atoms with E-state index in [0.29, 0.717) is 11.0 Å². The molecule has 0 aromatic carbocycles. The zero-order valence-corrected chi connectivity index (χ0v) is 9.38. The second-order valence-corrected chi connectivity index (χ2v) is 3.36. The van der Waals surface area contributed by atoms with E-state index in [1.54, 1.807) is 7.05 Å². The van der Waals surface area contributed by atoms with E-state index in [1.807, 2.05) is 18.7 Å². The Labute approximate surface area is 88.1 Å². The smallest absolute Gasteiger partial charge is 0.293 e. The lowest BCUT2D eigenvalue weighted by atomic mass is 10.5. The van der Waals surface area contributed by atoms with Crippen LogP contribution in [0.25, 0.3) is 0 Å². The zero-order valence-electron chi connectivity index (χ0n) is 8.62. The minimum atomic E-state index is -0.113. The van der Waals surface area contributed by atoms with Crippen LogP contribution in [0, 0.1) is 0 Å². The van der Waals surface area contributed by atoms with Crippen molar-refractivity contribution in [3.8, 4) is 0 Å². The molecule has 0 N–H and O–H groups in total. The number of aromatic nitrogens is 2. The van der Waals surface area contributed by atoms with Crippen molar-refractivity contribution in [3.05, 3.63) is 21.7 Å². The average molecular weight is 216 g/mol. The summed E-state index contributed by atoms with van der Waals surface area (Å²) in [6.07, 6.45) is 1.51. The Morgan fingerprint density at radius 2 is 2.07 bits per heavy atom. The van der Waals surface area contributed by atoms with Gasteiger partial charge in [-0.3, -0.25) is 4.79 Å². The Hall–Kier alpha value is -1.03. The van der Waals surface area contributed by atoms with E-state index in [2.05, 4.69) is 4.98 Å². The van der Waals surface area contributed by atoms with Gasteiger partial charge in [-0.15, -0.1) is 0 Å². The van der Waals surface area contributed by atoms with Crippen LogP contribution in [0.4, 0.5) is 5.82 Å². The molecule has 0 spiro atoms. The third-order valence-electron chi connectivity index (χ3n) is 2.09. The molecule has 1 heterocycles. The van der Waals surface area contributed by atoms with E-state index in [9.17, 15) is 4.79 Å². The van der Waals surface area contributed by atoms with Gasteiger partial charge in [0.1, 0.15) is 5.15 Å². The van der Waals surface area contributed by atoms with Crippen LogP contribution in [0.1, 0.15) is 13.8 Å². The van der Waals surface area contributed by atoms with Crippen molar-refractivity contribution < 1.29 is 0 Å². The maximum Gasteiger partial charge on any atom is 0.293 e. The quantitative estimate of drug-likeness (QED) is 0.763. The molecule has 0 bridgehead atoms. The van der Waals surface area contributed by atoms with Crippen LogP contribution in [0.5, 0.6) is 0 Å². The minimum absolute atomic E-state index is 0.113. The van der Waals surface area contributed by atoms with Gasteiger partial charge in [0, 0.05) is 26.3 Å². The van der Waals surface area contributed by atoms with Gasteiger partial charge in [-0.2, -0.15) is 0 Å². The highest BCUT2D eigenvalue weighted by Crippen LogP contribution is 2.08. The van der Waals surface area contributed by atoms with Gasteiger partial charge in [0.2, 0.25) is 0 Å². The molecule has 1 aromatic heterocycles. The first-order valence-electron chi connectivity index (χ1n) is 4.58. The number of rotatable bonds is 3. The largest absolute Gasteiger partial charge is 0.353 e. The molecule has 5 heteroatoms. The summed E-state index contributed by atoms with van der Waals surface area (Å²) >= 11 is 5.78. The van der Waals surface area contributed by atoms with Gasteiger partial charge in [0.05, 0.1) is 0 Å². The van der Waals surface area contributed by atoms with Crippen molar-refractivity contribution in [2.45, 2.75) is 13.8 Å². The second kappa shape index (κ2) is 4.46. The maximum atomic E-state index is 11.7. The first kappa shape index (κ1) is 11.0. The maximum absolute atomic E-state index is 11.7. The molecule has 0 aliphatic heterocycles. The number of halogens is 1. The van der Waals surface area contributed by atoms with Gasteiger partial charge in [0.15, 0.2) is 5.82 Å². The third kappa shape index (κ3) is 2.07. The number of nitrogens with zero attached hydrogens (tertiary/aromatic N) is 3. The Morgan fingerprint density at radius 3 is 2.57 bits per heavy atom. The molecule has 0 amide bonds. The molecule has 0 atom stereocenters. The fourth-order valence-electron chi connectivity index (χ4n) is 1.28. The number of aryl methyl sites for hydroxylation is 1. The Balaban J connectivity index is 3.26. The van der Waals surface area contributed by atoms with Gasteiger partial charge in [-0.1, -0.05) is 11.6 Å². The minimum Gasteiger partial charge on any atom is -0.353 e. The van der Waals surface area contributed by atoms with E-state index in [4.69, 9.17) is 11.6 Å². The summed E-state index contributed by atoms with van der Waals surface area (Å²) in [5, 5.41) is 0.342. The van der Waals surface area contributed by atoms with Gasteiger partial charge >= 0.3 is 0 Å². The van der Waals surface area contributed by atoms with E-state index in [-0.39, 0.29) is 5.56 Å². The molecule has 14 heavy (non-hydrogen) atoms. The van der Waals surface area contributed by atoms with Crippen LogP contribution in [0.15, 0.2) is 11.0 Å². The van der Waals surface area contributed by atoms with Crippen molar-refractivity contribution >= 4 is 17.4 Å². The molecule has 0 fully saturated rings. The fraction of sp³-hybridized carbons (Fsp3) is 0.556. The van der Waals surface area contributed by atoms with Crippen LogP contribution >= 0.6 is 11.6 Å². The Kier molecular flexibility index (Phi) is 3.52. The predicted octanol–water partition coefficient (Wildman–Crippen LogP) is 1.28. The molecule has 1 rings (SSSR count). The molecule has 4 nitrogen and oxygen atoms in total. The molecule has 78 valence electrons. The van der Waals surface area contributed by atoms with Crippen LogP contribution in [-0.4, -0.2) is 22.6 Å². The highest BCUT2D eigenvalue weighted by Gasteiger charge is 2.10. The summed E-state index contributed by atoms with van der Waals surface area (Å²) in [5.41, 5.74) is -0.113. The molecule has 0 saturated carbocycles. The van der Waals surface area contributed by atoms with E-state index in [1.165, 1.54) is 10.8 Å². The summed E-state index contributed by atoms with van der Waals surface area (Å²) < 4.78 is 1.45. The third-order valence-corrected chi connectivity index (χ3v) is 2.27. The lowest BCUT2D eigenvalue weighted by Crippen LogP contribution is -2.32. The van der Waals surface area contributed by atoms with Crippen LogP contribution < -0.4 is 10.5 Å². The molecule has 0 aliphatic rings. The van der Waals surface area contributed by atoms with Crippen LogP contribution in [0.2, 0.25) is 5.15 Å². The Bertz CT molecular complexity index is 371. The molecular formula is C9H14ClN3O. The summed E-state index contributed by atoms with van der Waals surface area (Å²) in [4.78, 5) is 17.6. The molecule has 0 saturated heterocycles. The van der Waals surface area contributed by atoms with Gasteiger partial charge in [0.25, 0.3) is 5.56 Å². The Morgan fingerprint density at radius 1 is 1.50 bits per heavy atom. The van der Waals surface area contributed by atoms with Crippen molar-refractivity contribution in [1.82, 2.24) is 9.55 Å². The highest BCUT2D eigenvalue weighted by molar-refractivity contribution is 6.29. The molecule has 1 aromatic rings. The lowest BCUT2D eigenvalue weighted by Gasteiger charge is -2.19. The molecule has 0 unspecified atom stereocenters. The predicted molar refractivity (Wildman–Crippen MR) is 58.0 cm³/mol. The van der Waals surface area contributed by atoms with E-state index >= 15 is 0 Å². The van der Waals surface area contributed by atoms with E-state index in [0.717, 1.165) is 13.1 Å². The van der Waals surface area contributed by atoms with Crippen molar-refractivity contribution in [2.75, 3.05) is 18.0 Å². The van der Waals surface area contributed by atoms with Crippen molar-refractivity contribution in [2.24, 2.45) is 7.05 Å². The normalized spacial score (nSPS) is 10.3. The van der Waals surface area contributed by atoms with Gasteiger partial charge in [-0.25, -0.2) is 4.98 Å². The second-order valence-electron chi connectivity index (χ2n) is 2.98. The SMILES string of the molecule is CCN(CC)c1nc(Cl)cn(C)c1=O. The molecule has 0 radical (unpaired) electrons. The average Bonchev–Trinajstić information content (AvgIpc) is 2.15. The van der Waals surface area contributed by atoms with Crippen molar-refractivity contribution in [1.29, 1.82) is 0 Å². The van der Waals surface area contributed by atoms with Gasteiger partial charge < -0.3 is 9.47 Å². The van der Waals surface area contributed by atoms with Crippen molar-refractivity contribution in [3.63, 3.8) is 0 Å². The number of anilines is 1. The summed E-state index contributed by atoms with van der Waals surface area (Å²) in [5.74, 6) is 0.421. The molecule has 0 aliphatic carbocycles. The summed E-state index contributed by atoms with van der Waals surface area (Å²) in [6.45, 7) is 5.45. The lowest BCUT2D eigenvalue weighted by molar-refractivity contribution is 0.783. The van der Waals surface area contributed by atoms with E-state index < -0.39 is 0 Å². The summed E-state index contributed by atoms with van der Waals surface area (Å²) in [7, 11) is 1.67. The van der Waals surface area contributed by atoms with Crippen LogP contribution in [-0.2, 0) is 7.05 Å². The monoisotopic (exact) mass is 215 g/mol. The fourth-order valence-corrected chi connectivity index (χ4v) is 1.51.